The van der Waals surface area contributed by atoms with Crippen LogP contribution in [0.15, 0.2) is 0 Å². The molecule has 1 fully saturated rings. The minimum absolute atomic E-state index is 0.0748. The molecule has 0 aromatic heterocycles. The van der Waals surface area contributed by atoms with Gasteiger partial charge in [0.2, 0.25) is 11.7 Å². The number of carboxylic acid groups (broad SMARTS) is 1. The van der Waals surface area contributed by atoms with Crippen molar-refractivity contribution in [1.82, 2.24) is 5.32 Å². The first-order valence-corrected chi connectivity index (χ1v) is 6.33. The summed E-state index contributed by atoms with van der Waals surface area (Å²) >= 11 is 0. The Bertz CT molecular complexity index is 427. The van der Waals surface area contributed by atoms with Gasteiger partial charge in [-0.05, 0) is 25.2 Å². The quantitative estimate of drug-likeness (QED) is 0.321. The molecule has 0 heterocycles. The van der Waals surface area contributed by atoms with Crippen LogP contribution >= 0.6 is 0 Å². The summed E-state index contributed by atoms with van der Waals surface area (Å²) in [5.41, 5.74) is 8.15. The zero-order chi connectivity index (χ0) is 15.0. The molecular formula is C12H17N3O5. The van der Waals surface area contributed by atoms with E-state index in [1.54, 1.807) is 0 Å². The molecule has 0 radical (unpaired) electrons. The van der Waals surface area contributed by atoms with Gasteiger partial charge in [0.05, 0.1) is 6.61 Å². The van der Waals surface area contributed by atoms with Crippen LogP contribution in [0, 0.1) is 5.92 Å². The van der Waals surface area contributed by atoms with Crippen molar-refractivity contribution in [3.63, 3.8) is 0 Å². The average Bonchev–Trinajstić information content (AvgIpc) is 3.18. The summed E-state index contributed by atoms with van der Waals surface area (Å²) in [4.78, 5) is 36.1. The summed E-state index contributed by atoms with van der Waals surface area (Å²) in [6.45, 7) is 0.322. The highest BCUT2D eigenvalue weighted by Gasteiger charge is 2.23. The molecule has 1 saturated carbocycles. The van der Waals surface area contributed by atoms with Crippen molar-refractivity contribution in [2.24, 2.45) is 5.92 Å². The van der Waals surface area contributed by atoms with E-state index in [9.17, 15) is 14.4 Å². The predicted molar refractivity (Wildman–Crippen MR) is 67.0 cm³/mol. The van der Waals surface area contributed by atoms with E-state index in [4.69, 9.17) is 15.4 Å². The fourth-order valence-corrected chi connectivity index (χ4v) is 1.51. The number of nitrogens with zero attached hydrogens (tertiary/aromatic N) is 2. The molecule has 0 aromatic rings. The molecule has 0 bridgehead atoms. The van der Waals surface area contributed by atoms with E-state index in [1.165, 1.54) is 0 Å². The summed E-state index contributed by atoms with van der Waals surface area (Å²) in [6.07, 6.45) is 2.69. The Morgan fingerprint density at radius 1 is 1.45 bits per heavy atom. The van der Waals surface area contributed by atoms with E-state index in [2.05, 4.69) is 10.1 Å². The molecule has 0 saturated heterocycles. The smallest absolute Gasteiger partial charge is 0.326 e. The van der Waals surface area contributed by atoms with Gasteiger partial charge in [-0.25, -0.2) is 4.79 Å². The Morgan fingerprint density at radius 2 is 2.15 bits per heavy atom. The third-order valence-corrected chi connectivity index (χ3v) is 2.80. The van der Waals surface area contributed by atoms with E-state index in [1.807, 2.05) is 0 Å². The van der Waals surface area contributed by atoms with Gasteiger partial charge in [-0.3, -0.25) is 9.59 Å². The number of carbonyl (C=O) groups is 3. The van der Waals surface area contributed by atoms with E-state index in [0.29, 0.717) is 18.7 Å². The minimum Gasteiger partial charge on any atom is -0.480 e. The van der Waals surface area contributed by atoms with Crippen LogP contribution in [0.5, 0.6) is 0 Å². The maximum absolute atomic E-state index is 11.5. The molecule has 0 spiro atoms. The Morgan fingerprint density at radius 3 is 2.70 bits per heavy atom. The fourth-order valence-electron chi connectivity index (χ4n) is 1.51. The highest BCUT2D eigenvalue weighted by molar-refractivity contribution is 6.25. The van der Waals surface area contributed by atoms with Crippen LogP contribution in [0.1, 0.15) is 25.7 Å². The second-order valence-corrected chi connectivity index (χ2v) is 4.67. The van der Waals surface area contributed by atoms with Crippen LogP contribution in [-0.4, -0.2) is 53.0 Å². The van der Waals surface area contributed by atoms with Crippen molar-refractivity contribution in [1.29, 1.82) is 0 Å². The molecule has 110 valence electrons. The molecule has 8 heteroatoms. The molecule has 8 nitrogen and oxygen atoms in total. The molecule has 1 aliphatic rings. The normalized spacial score (nSPS) is 15.0. The third kappa shape index (κ3) is 6.77. The van der Waals surface area contributed by atoms with Crippen LogP contribution in [0.4, 0.5) is 0 Å². The second kappa shape index (κ2) is 8.19. The van der Waals surface area contributed by atoms with Gasteiger partial charge in [0.15, 0.2) is 0 Å². The number of hydrogen-bond donors (Lipinski definition) is 2. The van der Waals surface area contributed by atoms with Crippen LogP contribution < -0.4 is 5.32 Å². The molecule has 0 unspecified atom stereocenters. The number of carbonyl (C=O) groups excluding carboxylic acids is 2. The van der Waals surface area contributed by atoms with E-state index >= 15 is 0 Å². The summed E-state index contributed by atoms with van der Waals surface area (Å²) < 4.78 is 5.14. The molecule has 0 aromatic carbocycles. The van der Waals surface area contributed by atoms with Gasteiger partial charge < -0.3 is 20.7 Å². The first-order valence-electron chi connectivity index (χ1n) is 6.33. The van der Waals surface area contributed by atoms with Crippen LogP contribution in [0.2, 0.25) is 0 Å². The number of nitrogens with one attached hydrogen (secondary N) is 1. The topological polar surface area (TPSA) is 129 Å². The number of Topliss-reactive ketones (excluding diaryl/α,β-unsaturated/α-hetero) is 1. The summed E-state index contributed by atoms with van der Waals surface area (Å²) in [5.74, 6) is -1.75. The molecule has 1 amide bonds. The van der Waals surface area contributed by atoms with Crippen LogP contribution in [0.25, 0.3) is 5.53 Å². The first kappa shape index (κ1) is 16.0. The highest BCUT2D eigenvalue weighted by Crippen LogP contribution is 2.28. The number of rotatable bonds is 10. The van der Waals surface area contributed by atoms with Gasteiger partial charge in [-0.2, -0.15) is 4.79 Å². The molecule has 2 N–H and O–H groups in total. The van der Waals surface area contributed by atoms with Crippen molar-refractivity contribution in [3.8, 4) is 0 Å². The Kier molecular flexibility index (Phi) is 6.55. The van der Waals surface area contributed by atoms with Gasteiger partial charge in [0.1, 0.15) is 12.6 Å². The lowest BCUT2D eigenvalue weighted by Gasteiger charge is -2.13. The SMILES string of the molecule is [N-]=[N+]=CC(=O)CC[C@H](NC(=O)COCC1CC1)C(=O)O. The van der Waals surface area contributed by atoms with Crippen molar-refractivity contribution in [3.05, 3.63) is 5.53 Å². The zero-order valence-corrected chi connectivity index (χ0v) is 10.9. The van der Waals surface area contributed by atoms with Crippen molar-refractivity contribution >= 4 is 23.9 Å². The van der Waals surface area contributed by atoms with Gasteiger partial charge in [-0.1, -0.05) is 0 Å². The lowest BCUT2D eigenvalue weighted by molar-refractivity contribution is -0.142. The molecule has 1 aliphatic carbocycles. The van der Waals surface area contributed by atoms with Gasteiger partial charge in [-0.15, -0.1) is 0 Å². The van der Waals surface area contributed by atoms with Crippen LogP contribution in [0.3, 0.4) is 0 Å². The summed E-state index contributed by atoms with van der Waals surface area (Å²) in [6, 6.07) is -1.16. The Hall–Kier alpha value is -2.05. The number of carboxylic acids is 1. The highest BCUT2D eigenvalue weighted by atomic mass is 16.5. The number of hydrogen-bond acceptors (Lipinski definition) is 4. The zero-order valence-electron chi connectivity index (χ0n) is 10.9. The lowest BCUT2D eigenvalue weighted by Crippen LogP contribution is -2.42. The largest absolute Gasteiger partial charge is 0.480 e. The van der Waals surface area contributed by atoms with Gasteiger partial charge >= 0.3 is 12.2 Å². The number of aliphatic carboxylic acids is 1. The maximum Gasteiger partial charge on any atom is 0.326 e. The number of ketones is 1. The molecular weight excluding hydrogens is 266 g/mol. The second-order valence-electron chi connectivity index (χ2n) is 4.67. The average molecular weight is 283 g/mol. The maximum atomic E-state index is 11.5. The Labute approximate surface area is 115 Å². The molecule has 1 atom stereocenters. The molecule has 0 aliphatic heterocycles. The van der Waals surface area contributed by atoms with E-state index in [0.717, 1.165) is 12.8 Å². The monoisotopic (exact) mass is 283 g/mol. The van der Waals surface area contributed by atoms with E-state index < -0.39 is 23.7 Å². The summed E-state index contributed by atoms with van der Waals surface area (Å²) in [5, 5.41) is 11.2. The standard InChI is InChI=1S/C12H17N3O5/c13-14-5-9(16)3-4-10(12(18)19)15-11(17)7-20-6-8-1-2-8/h5,8,10H,1-4,6-7H2,(H,15,17)(H,18,19)/t10-/m0/s1. The summed E-state index contributed by atoms with van der Waals surface area (Å²) in [7, 11) is 0. The number of amides is 1. The van der Waals surface area contributed by atoms with Gasteiger partial charge in [0.25, 0.3) is 0 Å². The van der Waals surface area contributed by atoms with E-state index in [-0.39, 0.29) is 19.4 Å². The molecule has 20 heavy (non-hydrogen) atoms. The van der Waals surface area contributed by atoms with Crippen LogP contribution in [-0.2, 0) is 19.1 Å². The first-order chi connectivity index (χ1) is 9.52. The number of ether oxygens (including phenoxy) is 1. The molecule has 1 rings (SSSR count). The minimum atomic E-state index is -1.23. The Balaban J connectivity index is 2.28. The fraction of sp³-hybridized carbons (Fsp3) is 0.667. The van der Waals surface area contributed by atoms with Crippen molar-refractivity contribution < 1.29 is 29.0 Å². The van der Waals surface area contributed by atoms with Crippen molar-refractivity contribution in [2.75, 3.05) is 13.2 Å². The van der Waals surface area contributed by atoms with Gasteiger partial charge in [0, 0.05) is 6.42 Å². The lowest BCUT2D eigenvalue weighted by atomic mass is 10.1. The third-order valence-electron chi connectivity index (χ3n) is 2.80. The van der Waals surface area contributed by atoms with Crippen molar-refractivity contribution in [2.45, 2.75) is 31.7 Å². The predicted octanol–water partition coefficient (Wildman–Crippen LogP) is -0.368.